The molecule has 1 atom stereocenters. The minimum absolute atomic E-state index is 0.118. The Morgan fingerprint density at radius 3 is 2.43 bits per heavy atom. The highest BCUT2D eigenvalue weighted by Gasteiger charge is 2.17. The van der Waals surface area contributed by atoms with Crippen molar-refractivity contribution >= 4 is 5.91 Å². The molecule has 0 aliphatic carbocycles. The first-order valence-electron chi connectivity index (χ1n) is 5.33. The largest absolute Gasteiger partial charge is 0.368 e. The van der Waals surface area contributed by atoms with Gasteiger partial charge in [0.25, 0.3) is 0 Å². The zero-order valence-corrected chi connectivity index (χ0v) is 9.33. The number of carbonyl (C=O) groups is 1. The van der Waals surface area contributed by atoms with Crippen molar-refractivity contribution in [3.63, 3.8) is 0 Å². The Balaban J connectivity index is 3.69. The number of hydrogen-bond donors (Lipinski definition) is 2. The molecule has 0 bridgehead atoms. The van der Waals surface area contributed by atoms with Gasteiger partial charge in [-0.05, 0) is 39.4 Å². The van der Waals surface area contributed by atoms with Gasteiger partial charge in [0, 0.05) is 0 Å². The summed E-state index contributed by atoms with van der Waals surface area (Å²) in [6.07, 6.45) is 4.04. The van der Waals surface area contributed by atoms with Gasteiger partial charge < -0.3 is 11.5 Å². The van der Waals surface area contributed by atoms with Gasteiger partial charge in [-0.3, -0.25) is 9.69 Å². The van der Waals surface area contributed by atoms with Crippen LogP contribution in [0.2, 0.25) is 0 Å². The molecule has 0 fully saturated rings. The Hall–Kier alpha value is -0.610. The molecule has 0 aromatic heterocycles. The fourth-order valence-corrected chi connectivity index (χ4v) is 1.57. The average Bonchev–Trinajstić information content (AvgIpc) is 2.13. The quantitative estimate of drug-likeness (QED) is 0.555. The van der Waals surface area contributed by atoms with Crippen molar-refractivity contribution in [2.45, 2.75) is 38.6 Å². The van der Waals surface area contributed by atoms with E-state index in [2.05, 4.69) is 0 Å². The van der Waals surface area contributed by atoms with E-state index < -0.39 is 0 Å². The molecule has 4 nitrogen and oxygen atoms in total. The van der Waals surface area contributed by atoms with E-state index in [1.54, 1.807) is 0 Å². The summed E-state index contributed by atoms with van der Waals surface area (Å²) in [5.41, 5.74) is 10.7. The number of carbonyl (C=O) groups excluding carboxylic acids is 1. The van der Waals surface area contributed by atoms with Crippen molar-refractivity contribution in [2.24, 2.45) is 11.5 Å². The van der Waals surface area contributed by atoms with Crippen molar-refractivity contribution in [2.75, 3.05) is 20.1 Å². The molecule has 4 N–H and O–H groups in total. The van der Waals surface area contributed by atoms with Crippen molar-refractivity contribution in [1.82, 2.24) is 4.90 Å². The maximum atomic E-state index is 11.0. The smallest absolute Gasteiger partial charge is 0.234 e. The molecule has 0 aliphatic heterocycles. The molecule has 0 saturated carbocycles. The van der Waals surface area contributed by atoms with Crippen LogP contribution in [0, 0.1) is 0 Å². The number of amides is 1. The number of rotatable bonds is 8. The Labute approximate surface area is 86.6 Å². The Morgan fingerprint density at radius 1 is 1.36 bits per heavy atom. The van der Waals surface area contributed by atoms with E-state index in [1.165, 1.54) is 0 Å². The first-order chi connectivity index (χ1) is 6.63. The second-order valence-corrected chi connectivity index (χ2v) is 3.66. The first-order valence-corrected chi connectivity index (χ1v) is 5.33. The third kappa shape index (κ3) is 5.19. The lowest BCUT2D eigenvalue weighted by molar-refractivity contribution is -0.122. The van der Waals surface area contributed by atoms with E-state index in [0.29, 0.717) is 0 Å². The number of unbranched alkanes of at least 4 members (excludes halogenated alkanes) is 2. The summed E-state index contributed by atoms with van der Waals surface area (Å²) in [5, 5.41) is 0. The summed E-state index contributed by atoms with van der Waals surface area (Å²) in [6.45, 7) is 3.64. The summed E-state index contributed by atoms with van der Waals surface area (Å²) in [4.78, 5) is 13.0. The van der Waals surface area contributed by atoms with Crippen LogP contribution in [-0.2, 0) is 4.79 Å². The van der Waals surface area contributed by atoms with Crippen molar-refractivity contribution < 1.29 is 4.79 Å². The molecule has 0 aromatic rings. The molecular formula is C10H23N3O. The summed E-state index contributed by atoms with van der Waals surface area (Å²) < 4.78 is 0. The lowest BCUT2D eigenvalue weighted by Gasteiger charge is -2.24. The highest BCUT2D eigenvalue weighted by molar-refractivity contribution is 5.79. The third-order valence-electron chi connectivity index (χ3n) is 2.46. The standard InChI is InChI=1S/C10H23N3O/c1-3-9(10(12)14)13(2)8-6-4-5-7-11/h9H,3-8,11H2,1-2H3,(H2,12,14). The van der Waals surface area contributed by atoms with E-state index in [4.69, 9.17) is 11.5 Å². The molecule has 84 valence electrons. The summed E-state index contributed by atoms with van der Waals surface area (Å²) in [7, 11) is 1.95. The van der Waals surface area contributed by atoms with Crippen molar-refractivity contribution in [3.05, 3.63) is 0 Å². The first kappa shape index (κ1) is 13.4. The molecule has 0 aromatic carbocycles. The number of hydrogen-bond acceptors (Lipinski definition) is 3. The van der Waals surface area contributed by atoms with E-state index in [1.807, 2.05) is 18.9 Å². The second kappa shape index (κ2) is 7.76. The van der Waals surface area contributed by atoms with Gasteiger partial charge in [-0.1, -0.05) is 13.3 Å². The molecule has 0 rings (SSSR count). The molecule has 0 aliphatic rings. The number of nitrogens with zero attached hydrogens (tertiary/aromatic N) is 1. The fourth-order valence-electron chi connectivity index (χ4n) is 1.57. The van der Waals surface area contributed by atoms with E-state index in [-0.39, 0.29) is 11.9 Å². The monoisotopic (exact) mass is 201 g/mol. The van der Waals surface area contributed by atoms with Crippen LogP contribution >= 0.6 is 0 Å². The molecular weight excluding hydrogens is 178 g/mol. The molecule has 0 saturated heterocycles. The summed E-state index contributed by atoms with van der Waals surface area (Å²) >= 11 is 0. The SMILES string of the molecule is CCC(C(N)=O)N(C)CCCCCN. The van der Waals surface area contributed by atoms with Crippen LogP contribution in [0.3, 0.4) is 0 Å². The van der Waals surface area contributed by atoms with Gasteiger partial charge in [-0.2, -0.15) is 0 Å². The minimum Gasteiger partial charge on any atom is -0.368 e. The molecule has 1 unspecified atom stereocenters. The lowest BCUT2D eigenvalue weighted by atomic mass is 10.1. The number of primary amides is 1. The van der Waals surface area contributed by atoms with Gasteiger partial charge in [0.05, 0.1) is 6.04 Å². The van der Waals surface area contributed by atoms with Crippen LogP contribution in [0.15, 0.2) is 0 Å². The predicted molar refractivity (Wildman–Crippen MR) is 58.8 cm³/mol. The topological polar surface area (TPSA) is 72.4 Å². The molecule has 4 heteroatoms. The Morgan fingerprint density at radius 2 is 2.00 bits per heavy atom. The third-order valence-corrected chi connectivity index (χ3v) is 2.46. The van der Waals surface area contributed by atoms with Crippen LogP contribution in [0.5, 0.6) is 0 Å². The van der Waals surface area contributed by atoms with E-state index in [0.717, 1.165) is 38.8 Å². The lowest BCUT2D eigenvalue weighted by Crippen LogP contribution is -2.42. The molecule has 0 heterocycles. The average molecular weight is 201 g/mol. The molecule has 0 radical (unpaired) electrons. The molecule has 0 spiro atoms. The van der Waals surface area contributed by atoms with Gasteiger partial charge in [0.15, 0.2) is 0 Å². The molecule has 14 heavy (non-hydrogen) atoms. The van der Waals surface area contributed by atoms with Crippen LogP contribution in [-0.4, -0.2) is 37.0 Å². The van der Waals surface area contributed by atoms with Gasteiger partial charge in [0.1, 0.15) is 0 Å². The highest BCUT2D eigenvalue weighted by Crippen LogP contribution is 2.03. The zero-order valence-electron chi connectivity index (χ0n) is 9.33. The van der Waals surface area contributed by atoms with Gasteiger partial charge >= 0.3 is 0 Å². The maximum Gasteiger partial charge on any atom is 0.234 e. The maximum absolute atomic E-state index is 11.0. The Kier molecular flexibility index (Phi) is 7.42. The fraction of sp³-hybridized carbons (Fsp3) is 0.900. The van der Waals surface area contributed by atoms with Crippen LogP contribution in [0.1, 0.15) is 32.6 Å². The highest BCUT2D eigenvalue weighted by atomic mass is 16.1. The Bertz CT molecular complexity index is 161. The minimum atomic E-state index is -0.228. The van der Waals surface area contributed by atoms with Crippen molar-refractivity contribution in [3.8, 4) is 0 Å². The van der Waals surface area contributed by atoms with Gasteiger partial charge in [-0.15, -0.1) is 0 Å². The van der Waals surface area contributed by atoms with Crippen LogP contribution < -0.4 is 11.5 Å². The van der Waals surface area contributed by atoms with E-state index in [9.17, 15) is 4.79 Å². The van der Waals surface area contributed by atoms with Crippen LogP contribution in [0.25, 0.3) is 0 Å². The zero-order chi connectivity index (χ0) is 11.0. The van der Waals surface area contributed by atoms with Gasteiger partial charge in [-0.25, -0.2) is 0 Å². The number of nitrogens with two attached hydrogens (primary N) is 2. The summed E-state index contributed by atoms with van der Waals surface area (Å²) in [5.74, 6) is -0.228. The number of likely N-dealkylation sites (N-methyl/N-ethyl adjacent to an activating group) is 1. The van der Waals surface area contributed by atoms with E-state index >= 15 is 0 Å². The normalized spacial score (nSPS) is 13.1. The van der Waals surface area contributed by atoms with Crippen LogP contribution in [0.4, 0.5) is 0 Å². The molecule has 1 amide bonds. The van der Waals surface area contributed by atoms with Crippen molar-refractivity contribution in [1.29, 1.82) is 0 Å². The van der Waals surface area contributed by atoms with Gasteiger partial charge in [0.2, 0.25) is 5.91 Å². The second-order valence-electron chi connectivity index (χ2n) is 3.66. The predicted octanol–water partition coefficient (Wildman–Crippen LogP) is 0.311. The summed E-state index contributed by atoms with van der Waals surface area (Å²) in [6, 6.07) is -0.118.